The van der Waals surface area contributed by atoms with E-state index < -0.39 is 19.0 Å². The van der Waals surface area contributed by atoms with E-state index >= 15 is 0 Å². The molecule has 0 bridgehead atoms. The summed E-state index contributed by atoms with van der Waals surface area (Å²) in [5, 5.41) is 0. The van der Waals surface area contributed by atoms with Crippen LogP contribution in [0.2, 0.25) is 0 Å². The molecule has 3 heteroatoms. The Morgan fingerprint density at radius 3 is 1.62 bits per heavy atom. The molecule has 0 aliphatic heterocycles. The van der Waals surface area contributed by atoms with Crippen molar-refractivity contribution < 1.29 is 13.2 Å². The summed E-state index contributed by atoms with van der Waals surface area (Å²) in [4.78, 5) is 0. The van der Waals surface area contributed by atoms with Gasteiger partial charge in [-0.15, -0.1) is 0 Å². The topological polar surface area (TPSA) is 0 Å². The molecule has 0 spiro atoms. The van der Waals surface area contributed by atoms with Gasteiger partial charge in [-0.3, -0.25) is 0 Å². The second-order valence-electron chi connectivity index (χ2n) is 1.77. The maximum Gasteiger partial charge on any atom is 0.167 e. The third kappa shape index (κ3) is 1.72. The van der Waals surface area contributed by atoms with Crippen molar-refractivity contribution in [3.05, 3.63) is 0 Å². The maximum atomic E-state index is 12.2. The molecule has 0 heterocycles. The summed E-state index contributed by atoms with van der Waals surface area (Å²) in [7, 11) is 0. The highest BCUT2D eigenvalue weighted by atomic mass is 19.2. The van der Waals surface area contributed by atoms with Crippen LogP contribution in [0.3, 0.4) is 0 Å². The largest absolute Gasteiger partial charge is 0.247 e. The van der Waals surface area contributed by atoms with E-state index in [-0.39, 0.29) is 6.42 Å². The van der Waals surface area contributed by atoms with Crippen molar-refractivity contribution in [2.75, 3.05) is 13.3 Å². The van der Waals surface area contributed by atoms with Gasteiger partial charge in [0.05, 0.1) is 0 Å². The molecule has 0 aliphatic rings. The normalized spacial score (nSPS) is 12.0. The highest BCUT2D eigenvalue weighted by Crippen LogP contribution is 2.16. The maximum absolute atomic E-state index is 12.2. The number of alkyl halides is 3. The van der Waals surface area contributed by atoms with Gasteiger partial charge in [0.25, 0.3) is 0 Å². The summed E-state index contributed by atoms with van der Waals surface area (Å²) in [6.45, 7) is -1.03. The molecule has 0 aromatic rings. The van der Waals surface area contributed by atoms with E-state index in [4.69, 9.17) is 0 Å². The highest BCUT2D eigenvalue weighted by molar-refractivity contribution is 4.74. The molecule has 8 heavy (non-hydrogen) atoms. The first-order valence-electron chi connectivity index (χ1n) is 2.49. The minimum atomic E-state index is -2.21. The molecule has 0 amide bonds. The zero-order valence-electron chi connectivity index (χ0n) is 4.76. The molecule has 50 valence electrons. The fourth-order valence-electron chi connectivity index (χ4n) is 0.225. The average molecular weight is 126 g/mol. The van der Waals surface area contributed by atoms with Gasteiger partial charge in [-0.2, -0.15) is 0 Å². The molecule has 0 nitrogen and oxygen atoms in total. The van der Waals surface area contributed by atoms with Crippen molar-refractivity contribution in [3.8, 4) is 0 Å². The van der Waals surface area contributed by atoms with Gasteiger partial charge in [-0.05, 0) is 6.42 Å². The smallest absolute Gasteiger partial charge is 0.167 e. The molecule has 0 radical (unpaired) electrons. The lowest BCUT2D eigenvalue weighted by atomic mass is 10.1. The van der Waals surface area contributed by atoms with Gasteiger partial charge in [0, 0.05) is 0 Å². The zero-order chi connectivity index (χ0) is 6.62. The van der Waals surface area contributed by atoms with Crippen molar-refractivity contribution in [2.24, 2.45) is 0 Å². The number of halogens is 3. The Labute approximate surface area is 46.7 Å². The molecule has 0 aromatic heterocycles. The van der Waals surface area contributed by atoms with E-state index in [1.807, 2.05) is 0 Å². The SMILES string of the molecule is CCC(F)(CF)CF. The predicted octanol–water partition coefficient (Wildman–Crippen LogP) is 2.04. The monoisotopic (exact) mass is 126 g/mol. The molecule has 0 unspecified atom stereocenters. The van der Waals surface area contributed by atoms with Crippen molar-refractivity contribution in [1.29, 1.82) is 0 Å². The third-order valence-corrected chi connectivity index (χ3v) is 1.11. The first-order valence-corrected chi connectivity index (χ1v) is 2.49. The Balaban J connectivity index is 3.58. The molecule has 0 aromatic carbocycles. The van der Waals surface area contributed by atoms with Crippen molar-refractivity contribution >= 4 is 0 Å². The summed E-state index contributed by atoms with van der Waals surface area (Å²) in [5.41, 5.74) is -2.21. The minimum absolute atomic E-state index is 0.0972. The third-order valence-electron chi connectivity index (χ3n) is 1.11. The van der Waals surface area contributed by atoms with Crippen molar-refractivity contribution in [1.82, 2.24) is 0 Å². The number of rotatable bonds is 3. The van der Waals surface area contributed by atoms with Crippen LogP contribution in [0.15, 0.2) is 0 Å². The summed E-state index contributed by atoms with van der Waals surface area (Å²) in [5.74, 6) is 0. The lowest BCUT2D eigenvalue weighted by Gasteiger charge is -2.13. The van der Waals surface area contributed by atoms with Crippen LogP contribution in [-0.2, 0) is 0 Å². The Kier molecular flexibility index (Phi) is 2.87. The molecule has 0 atom stereocenters. The predicted molar refractivity (Wildman–Crippen MR) is 26.1 cm³/mol. The van der Waals surface area contributed by atoms with Crippen LogP contribution in [0.5, 0.6) is 0 Å². The molecule has 0 rings (SSSR count). The van der Waals surface area contributed by atoms with Gasteiger partial charge >= 0.3 is 0 Å². The molecular formula is C5H9F3. The van der Waals surface area contributed by atoms with Gasteiger partial charge in [-0.1, -0.05) is 6.92 Å². The van der Waals surface area contributed by atoms with E-state index in [2.05, 4.69) is 0 Å². The standard InChI is InChI=1S/C5H9F3/c1-2-5(8,3-6)4-7/h2-4H2,1H3. The van der Waals surface area contributed by atoms with Gasteiger partial charge < -0.3 is 0 Å². The summed E-state index contributed by atoms with van der Waals surface area (Å²) < 4.78 is 35.1. The fraction of sp³-hybridized carbons (Fsp3) is 1.00. The molecule has 0 saturated carbocycles. The van der Waals surface area contributed by atoms with Crippen molar-refractivity contribution in [3.63, 3.8) is 0 Å². The van der Waals surface area contributed by atoms with E-state index in [9.17, 15) is 13.2 Å². The second kappa shape index (κ2) is 2.95. The molecule has 0 aliphatic carbocycles. The Morgan fingerprint density at radius 2 is 1.62 bits per heavy atom. The van der Waals surface area contributed by atoms with Crippen LogP contribution < -0.4 is 0 Å². The lowest BCUT2D eigenvalue weighted by molar-refractivity contribution is 0.0822. The van der Waals surface area contributed by atoms with E-state index in [1.165, 1.54) is 6.92 Å². The Morgan fingerprint density at radius 1 is 1.25 bits per heavy atom. The number of hydrogen-bond acceptors (Lipinski definition) is 0. The van der Waals surface area contributed by atoms with E-state index in [0.717, 1.165) is 0 Å². The molecular weight excluding hydrogens is 117 g/mol. The number of hydrogen-bond donors (Lipinski definition) is 0. The minimum Gasteiger partial charge on any atom is -0.247 e. The summed E-state index contributed by atoms with van der Waals surface area (Å²) >= 11 is 0. The fourth-order valence-corrected chi connectivity index (χ4v) is 0.225. The van der Waals surface area contributed by atoms with Crippen LogP contribution in [0.25, 0.3) is 0 Å². The average Bonchev–Trinajstić information content (AvgIpc) is 1.87. The van der Waals surface area contributed by atoms with Gasteiger partial charge in [0.2, 0.25) is 0 Å². The molecule has 0 fully saturated rings. The first kappa shape index (κ1) is 7.79. The Hall–Kier alpha value is -0.210. The first-order chi connectivity index (χ1) is 3.68. The second-order valence-corrected chi connectivity index (χ2v) is 1.77. The van der Waals surface area contributed by atoms with Crippen LogP contribution in [0, 0.1) is 0 Å². The highest BCUT2D eigenvalue weighted by Gasteiger charge is 2.26. The summed E-state index contributed by atoms with van der Waals surface area (Å²) in [6, 6.07) is 0. The van der Waals surface area contributed by atoms with E-state index in [0.29, 0.717) is 0 Å². The van der Waals surface area contributed by atoms with Crippen molar-refractivity contribution in [2.45, 2.75) is 19.0 Å². The zero-order valence-corrected chi connectivity index (χ0v) is 4.76. The van der Waals surface area contributed by atoms with Gasteiger partial charge in [0.15, 0.2) is 5.67 Å². The molecule has 0 saturated heterocycles. The van der Waals surface area contributed by atoms with Gasteiger partial charge in [0.1, 0.15) is 13.3 Å². The van der Waals surface area contributed by atoms with Gasteiger partial charge in [-0.25, -0.2) is 13.2 Å². The Bertz CT molecular complexity index is 50.4. The quantitative estimate of drug-likeness (QED) is 0.542. The van der Waals surface area contributed by atoms with Crippen LogP contribution in [0.1, 0.15) is 13.3 Å². The van der Waals surface area contributed by atoms with E-state index in [1.54, 1.807) is 0 Å². The van der Waals surface area contributed by atoms with Crippen LogP contribution >= 0.6 is 0 Å². The lowest BCUT2D eigenvalue weighted by Crippen LogP contribution is -2.26. The van der Waals surface area contributed by atoms with Crippen LogP contribution in [0.4, 0.5) is 13.2 Å². The molecule has 0 N–H and O–H groups in total. The summed E-state index contributed by atoms with van der Waals surface area (Å²) in [6.07, 6.45) is -0.0972. The van der Waals surface area contributed by atoms with Crippen LogP contribution in [-0.4, -0.2) is 19.0 Å².